The Labute approximate surface area is 110 Å². The third-order valence-electron chi connectivity index (χ3n) is 2.55. The van der Waals surface area contributed by atoms with Crippen molar-refractivity contribution in [3.8, 4) is 0 Å². The molecule has 0 saturated carbocycles. The van der Waals surface area contributed by atoms with Crippen LogP contribution in [-0.2, 0) is 4.79 Å². The number of nitrogens with zero attached hydrogens (tertiary/aromatic N) is 3. The summed E-state index contributed by atoms with van der Waals surface area (Å²) in [5.74, 6) is -0.112. The Hall–Kier alpha value is -1.82. The minimum atomic E-state index is -0.384. The minimum absolute atomic E-state index is 0.112. The molecule has 1 unspecified atom stereocenters. The first kappa shape index (κ1) is 12.6. The molecule has 0 fully saturated rings. The van der Waals surface area contributed by atoms with Crippen LogP contribution in [0.25, 0.3) is 0 Å². The van der Waals surface area contributed by atoms with Gasteiger partial charge >= 0.3 is 0 Å². The molecule has 2 aromatic rings. The highest BCUT2D eigenvalue weighted by atomic mass is 32.2. The molecule has 1 heterocycles. The van der Waals surface area contributed by atoms with E-state index in [0.29, 0.717) is 0 Å². The average Bonchev–Trinajstić information content (AvgIpc) is 2.92. The molecule has 1 atom stereocenters. The molecule has 2 rings (SSSR count). The lowest BCUT2D eigenvalue weighted by Gasteiger charge is -2.12. The van der Waals surface area contributed by atoms with E-state index in [1.54, 1.807) is 18.7 Å². The molecule has 94 valence electrons. The first-order valence-corrected chi connectivity index (χ1v) is 6.72. The summed E-state index contributed by atoms with van der Waals surface area (Å²) < 4.78 is 1.52. The largest absolute Gasteiger partial charge is 0.324 e. The highest BCUT2D eigenvalue weighted by Gasteiger charge is 2.15. The number of carbonyl (C=O) groups excluding carboxylic acids is 1. The summed E-state index contributed by atoms with van der Waals surface area (Å²) in [5.41, 5.74) is 0.791. The van der Waals surface area contributed by atoms with Crippen molar-refractivity contribution in [1.29, 1.82) is 0 Å². The first-order chi connectivity index (χ1) is 8.70. The monoisotopic (exact) mass is 262 g/mol. The second-order valence-electron chi connectivity index (χ2n) is 3.77. The van der Waals surface area contributed by atoms with Crippen molar-refractivity contribution in [2.45, 2.75) is 17.9 Å². The van der Waals surface area contributed by atoms with Gasteiger partial charge in [0.25, 0.3) is 0 Å². The molecule has 18 heavy (non-hydrogen) atoms. The Morgan fingerprint density at radius 3 is 3.00 bits per heavy atom. The van der Waals surface area contributed by atoms with Crippen LogP contribution in [0.4, 0.5) is 5.69 Å². The molecule has 1 N–H and O–H groups in total. The molecule has 6 heteroatoms. The molecule has 0 spiro atoms. The fraction of sp³-hybridized carbons (Fsp3) is 0.250. The van der Waals surface area contributed by atoms with Crippen LogP contribution in [0.15, 0.2) is 41.8 Å². The lowest BCUT2D eigenvalue weighted by molar-refractivity contribution is -0.119. The summed E-state index contributed by atoms with van der Waals surface area (Å²) in [6.07, 6.45) is 4.94. The van der Waals surface area contributed by atoms with Crippen LogP contribution < -0.4 is 5.32 Å². The second-order valence-corrected chi connectivity index (χ2v) is 4.65. The Morgan fingerprint density at radius 1 is 1.50 bits per heavy atom. The van der Waals surface area contributed by atoms with E-state index >= 15 is 0 Å². The smallest absolute Gasteiger partial charge is 0.249 e. The molecule has 0 bridgehead atoms. The van der Waals surface area contributed by atoms with Crippen molar-refractivity contribution in [2.24, 2.45) is 0 Å². The van der Waals surface area contributed by atoms with Crippen LogP contribution in [-0.4, -0.2) is 26.9 Å². The number of anilines is 1. The van der Waals surface area contributed by atoms with Crippen LogP contribution in [0.5, 0.6) is 0 Å². The third-order valence-corrected chi connectivity index (χ3v) is 3.28. The maximum absolute atomic E-state index is 12.0. The van der Waals surface area contributed by atoms with Crippen molar-refractivity contribution in [1.82, 2.24) is 14.8 Å². The molecule has 1 amide bonds. The molecule has 0 aliphatic carbocycles. The highest BCUT2D eigenvalue weighted by molar-refractivity contribution is 7.98. The normalized spacial score (nSPS) is 12.1. The topological polar surface area (TPSA) is 59.8 Å². The number of hydrogen-bond donors (Lipinski definition) is 1. The molecular weight excluding hydrogens is 248 g/mol. The third kappa shape index (κ3) is 2.89. The van der Waals surface area contributed by atoms with Gasteiger partial charge in [-0.2, -0.15) is 5.10 Å². The maximum Gasteiger partial charge on any atom is 0.249 e. The number of amides is 1. The van der Waals surface area contributed by atoms with Gasteiger partial charge in [-0.15, -0.1) is 11.8 Å². The summed E-state index contributed by atoms with van der Waals surface area (Å²) in [6, 6.07) is 7.34. The van der Waals surface area contributed by atoms with E-state index in [0.717, 1.165) is 10.6 Å². The standard InChI is InChI=1S/C12H14N4OS/c1-9(16-8-13-7-14-16)12(17)15-10-4-3-5-11(6-10)18-2/h3-9H,1-2H3,(H,15,17). The average molecular weight is 262 g/mol. The second kappa shape index (κ2) is 5.68. The summed E-state index contributed by atoms with van der Waals surface area (Å²) in [7, 11) is 0. The Morgan fingerprint density at radius 2 is 2.33 bits per heavy atom. The van der Waals surface area contributed by atoms with Crippen LogP contribution in [0.1, 0.15) is 13.0 Å². The van der Waals surface area contributed by atoms with Crippen molar-refractivity contribution in [3.63, 3.8) is 0 Å². The maximum atomic E-state index is 12.0. The number of thioether (sulfide) groups is 1. The van der Waals surface area contributed by atoms with Crippen LogP contribution >= 0.6 is 11.8 Å². The van der Waals surface area contributed by atoms with E-state index in [1.165, 1.54) is 17.3 Å². The highest BCUT2D eigenvalue weighted by Crippen LogP contribution is 2.19. The molecule has 0 aliphatic heterocycles. The summed E-state index contributed by atoms with van der Waals surface area (Å²) in [4.78, 5) is 16.9. The fourth-order valence-electron chi connectivity index (χ4n) is 1.49. The Kier molecular flexibility index (Phi) is 3.99. The molecule has 0 aliphatic rings. The van der Waals surface area contributed by atoms with Gasteiger partial charge < -0.3 is 5.32 Å². The first-order valence-electron chi connectivity index (χ1n) is 5.49. The molecule has 5 nitrogen and oxygen atoms in total. The predicted molar refractivity (Wildman–Crippen MR) is 71.6 cm³/mol. The van der Waals surface area contributed by atoms with Gasteiger partial charge in [-0.05, 0) is 31.4 Å². The van der Waals surface area contributed by atoms with E-state index in [1.807, 2.05) is 30.5 Å². The van der Waals surface area contributed by atoms with Crippen molar-refractivity contribution < 1.29 is 4.79 Å². The lowest BCUT2D eigenvalue weighted by atomic mass is 10.3. The van der Waals surface area contributed by atoms with Crippen LogP contribution in [0.3, 0.4) is 0 Å². The number of rotatable bonds is 4. The fourth-order valence-corrected chi connectivity index (χ4v) is 1.94. The zero-order chi connectivity index (χ0) is 13.0. The summed E-state index contributed by atoms with van der Waals surface area (Å²) >= 11 is 1.64. The molecule has 1 aromatic heterocycles. The van der Waals surface area contributed by atoms with Crippen molar-refractivity contribution >= 4 is 23.4 Å². The molecule has 0 saturated heterocycles. The number of benzene rings is 1. The summed E-state index contributed by atoms with van der Waals surface area (Å²) in [5, 5.41) is 6.82. The van der Waals surface area contributed by atoms with Gasteiger partial charge in [-0.1, -0.05) is 6.07 Å². The van der Waals surface area contributed by atoms with Crippen molar-refractivity contribution in [2.75, 3.05) is 11.6 Å². The van der Waals surface area contributed by atoms with Crippen LogP contribution in [0, 0.1) is 0 Å². The van der Waals surface area contributed by atoms with Gasteiger partial charge in [0.15, 0.2) is 0 Å². The van der Waals surface area contributed by atoms with E-state index in [2.05, 4.69) is 15.4 Å². The van der Waals surface area contributed by atoms with E-state index < -0.39 is 0 Å². The quantitative estimate of drug-likeness (QED) is 0.858. The van der Waals surface area contributed by atoms with Gasteiger partial charge in [0.05, 0.1) is 0 Å². The van der Waals surface area contributed by atoms with E-state index in [-0.39, 0.29) is 11.9 Å². The summed E-state index contributed by atoms with van der Waals surface area (Å²) in [6.45, 7) is 1.78. The lowest BCUT2D eigenvalue weighted by Crippen LogP contribution is -2.24. The van der Waals surface area contributed by atoms with E-state index in [4.69, 9.17) is 0 Å². The van der Waals surface area contributed by atoms with Gasteiger partial charge in [0.2, 0.25) is 5.91 Å². The van der Waals surface area contributed by atoms with Crippen molar-refractivity contribution in [3.05, 3.63) is 36.9 Å². The van der Waals surface area contributed by atoms with E-state index in [9.17, 15) is 4.79 Å². The van der Waals surface area contributed by atoms with Gasteiger partial charge in [-0.3, -0.25) is 4.79 Å². The SMILES string of the molecule is CSc1cccc(NC(=O)C(C)n2cncn2)c1. The minimum Gasteiger partial charge on any atom is -0.324 e. The van der Waals surface area contributed by atoms with Gasteiger partial charge in [-0.25, -0.2) is 9.67 Å². The molecule has 0 radical (unpaired) electrons. The Balaban J connectivity index is 2.06. The molecule has 1 aromatic carbocycles. The predicted octanol–water partition coefficient (Wildman–Crippen LogP) is 2.20. The zero-order valence-corrected chi connectivity index (χ0v) is 11.0. The van der Waals surface area contributed by atoms with Gasteiger partial charge in [0, 0.05) is 10.6 Å². The Bertz CT molecular complexity index is 527. The number of nitrogens with one attached hydrogen (secondary N) is 1. The van der Waals surface area contributed by atoms with Gasteiger partial charge in [0.1, 0.15) is 18.7 Å². The number of hydrogen-bond acceptors (Lipinski definition) is 4. The molecular formula is C12H14N4OS. The number of aromatic nitrogens is 3. The number of carbonyl (C=O) groups is 1. The zero-order valence-electron chi connectivity index (χ0n) is 10.2. The van der Waals surface area contributed by atoms with Crippen LogP contribution in [0.2, 0.25) is 0 Å².